The maximum absolute atomic E-state index is 5.52. The van der Waals surface area contributed by atoms with E-state index < -0.39 is 0 Å². The number of benzene rings is 2. The maximum Gasteiger partial charge on any atom is 0.241 e. The van der Waals surface area contributed by atoms with Crippen LogP contribution in [0.5, 0.6) is 23.0 Å². The van der Waals surface area contributed by atoms with Crippen LogP contribution in [0, 0.1) is 0 Å². The predicted octanol–water partition coefficient (Wildman–Crippen LogP) is 3.96. The van der Waals surface area contributed by atoms with Crippen molar-refractivity contribution in [2.75, 3.05) is 35.5 Å². The Morgan fingerprint density at radius 1 is 0.900 bits per heavy atom. The molecule has 0 fully saturated rings. The zero-order chi connectivity index (χ0) is 21.7. The predicted molar refractivity (Wildman–Crippen MR) is 112 cm³/mol. The summed E-state index contributed by atoms with van der Waals surface area (Å²) in [6.45, 7) is 2.62. The van der Waals surface area contributed by atoms with Gasteiger partial charge in [-0.2, -0.15) is 4.98 Å². The van der Waals surface area contributed by atoms with Gasteiger partial charge in [-0.3, -0.25) is 4.90 Å². The molecule has 0 saturated carbocycles. The third-order valence-electron chi connectivity index (χ3n) is 5.06. The van der Waals surface area contributed by atoms with Crippen LogP contribution >= 0.6 is 0 Å². The van der Waals surface area contributed by atoms with Gasteiger partial charge in [0.1, 0.15) is 5.75 Å². The highest BCUT2D eigenvalue weighted by atomic mass is 16.5. The summed E-state index contributed by atoms with van der Waals surface area (Å²) < 4.78 is 27.0. The van der Waals surface area contributed by atoms with Crippen LogP contribution in [0.1, 0.15) is 24.4 Å². The Labute approximate surface area is 176 Å². The lowest BCUT2D eigenvalue weighted by atomic mass is 10.1. The van der Waals surface area contributed by atoms with E-state index in [1.54, 1.807) is 34.5 Å². The van der Waals surface area contributed by atoms with Gasteiger partial charge in [0.05, 0.1) is 40.5 Å². The second-order valence-electron chi connectivity index (χ2n) is 6.76. The van der Waals surface area contributed by atoms with Gasteiger partial charge < -0.3 is 23.5 Å². The standard InChI is InChI=1S/C22H27N3O5/c1-14(15-7-9-16(26-3)10-8-15)25(2)13-19-23-22(24-30-19)17-11-12-18(27-4)21(29-6)20(17)28-5/h7-12,14H,13H2,1-6H3. The largest absolute Gasteiger partial charge is 0.497 e. The summed E-state index contributed by atoms with van der Waals surface area (Å²) in [7, 11) is 8.36. The fraction of sp³-hybridized carbons (Fsp3) is 0.364. The molecule has 0 aliphatic rings. The molecule has 1 unspecified atom stereocenters. The van der Waals surface area contributed by atoms with E-state index in [-0.39, 0.29) is 6.04 Å². The van der Waals surface area contributed by atoms with Gasteiger partial charge >= 0.3 is 0 Å². The highest BCUT2D eigenvalue weighted by molar-refractivity contribution is 5.72. The van der Waals surface area contributed by atoms with E-state index in [1.165, 1.54) is 5.56 Å². The first-order chi connectivity index (χ1) is 14.5. The third-order valence-corrected chi connectivity index (χ3v) is 5.06. The first-order valence-corrected chi connectivity index (χ1v) is 9.48. The molecule has 1 atom stereocenters. The quantitative estimate of drug-likeness (QED) is 0.522. The highest BCUT2D eigenvalue weighted by Crippen LogP contribution is 2.43. The number of nitrogens with zero attached hydrogens (tertiary/aromatic N) is 3. The molecule has 0 saturated heterocycles. The Kier molecular flexibility index (Phi) is 6.79. The van der Waals surface area contributed by atoms with Gasteiger partial charge in [0, 0.05) is 6.04 Å². The zero-order valence-corrected chi connectivity index (χ0v) is 18.1. The van der Waals surface area contributed by atoms with Gasteiger partial charge in [0.15, 0.2) is 11.5 Å². The number of ether oxygens (including phenoxy) is 4. The van der Waals surface area contributed by atoms with Crippen molar-refractivity contribution >= 4 is 0 Å². The minimum absolute atomic E-state index is 0.155. The summed E-state index contributed by atoms with van der Waals surface area (Å²) in [5.41, 5.74) is 1.83. The van der Waals surface area contributed by atoms with Crippen LogP contribution < -0.4 is 18.9 Å². The maximum atomic E-state index is 5.52. The molecule has 30 heavy (non-hydrogen) atoms. The molecule has 2 aromatic carbocycles. The smallest absolute Gasteiger partial charge is 0.241 e. The zero-order valence-electron chi connectivity index (χ0n) is 18.1. The van der Waals surface area contributed by atoms with Crippen molar-refractivity contribution in [3.05, 3.63) is 47.9 Å². The lowest BCUT2D eigenvalue weighted by Crippen LogP contribution is -2.22. The first-order valence-electron chi connectivity index (χ1n) is 9.48. The average Bonchev–Trinajstić information content (AvgIpc) is 3.25. The molecule has 1 aromatic heterocycles. The summed E-state index contributed by atoms with van der Waals surface area (Å²) in [5.74, 6) is 3.30. The molecular formula is C22H27N3O5. The van der Waals surface area contributed by atoms with Crippen molar-refractivity contribution in [2.45, 2.75) is 19.5 Å². The van der Waals surface area contributed by atoms with Crippen molar-refractivity contribution in [3.8, 4) is 34.4 Å². The minimum Gasteiger partial charge on any atom is -0.497 e. The van der Waals surface area contributed by atoms with E-state index in [1.807, 2.05) is 37.4 Å². The molecule has 0 spiro atoms. The number of hydrogen-bond donors (Lipinski definition) is 0. The van der Waals surface area contributed by atoms with Crippen molar-refractivity contribution in [1.29, 1.82) is 0 Å². The van der Waals surface area contributed by atoms with Crippen molar-refractivity contribution < 1.29 is 23.5 Å². The van der Waals surface area contributed by atoms with Gasteiger partial charge in [-0.1, -0.05) is 17.3 Å². The van der Waals surface area contributed by atoms with Crippen LogP contribution in [0.4, 0.5) is 0 Å². The van der Waals surface area contributed by atoms with E-state index in [0.29, 0.717) is 41.1 Å². The monoisotopic (exact) mass is 413 g/mol. The SMILES string of the molecule is COc1ccc(C(C)N(C)Cc2nc(-c3ccc(OC)c(OC)c3OC)no2)cc1. The molecule has 8 nitrogen and oxygen atoms in total. The van der Waals surface area contributed by atoms with Crippen LogP contribution in [-0.4, -0.2) is 50.5 Å². The summed E-state index contributed by atoms with van der Waals surface area (Å²) >= 11 is 0. The van der Waals surface area contributed by atoms with Gasteiger partial charge in [0.2, 0.25) is 17.5 Å². The molecule has 0 amide bonds. The van der Waals surface area contributed by atoms with Crippen LogP contribution in [0.3, 0.4) is 0 Å². The summed E-state index contributed by atoms with van der Waals surface area (Å²) in [6.07, 6.45) is 0. The van der Waals surface area contributed by atoms with Crippen LogP contribution in [0.15, 0.2) is 40.9 Å². The van der Waals surface area contributed by atoms with E-state index in [4.69, 9.17) is 23.5 Å². The molecule has 160 valence electrons. The lowest BCUT2D eigenvalue weighted by Gasteiger charge is -2.23. The molecule has 8 heteroatoms. The van der Waals surface area contributed by atoms with Gasteiger partial charge in [-0.25, -0.2) is 0 Å². The van der Waals surface area contributed by atoms with Crippen molar-refractivity contribution in [2.24, 2.45) is 0 Å². The molecule has 3 rings (SSSR count). The fourth-order valence-electron chi connectivity index (χ4n) is 3.19. The van der Waals surface area contributed by atoms with E-state index >= 15 is 0 Å². The van der Waals surface area contributed by atoms with Crippen LogP contribution in [0.2, 0.25) is 0 Å². The second-order valence-corrected chi connectivity index (χ2v) is 6.76. The Morgan fingerprint density at radius 2 is 1.60 bits per heavy atom. The number of rotatable bonds is 9. The van der Waals surface area contributed by atoms with Crippen molar-refractivity contribution in [3.63, 3.8) is 0 Å². The molecule has 1 heterocycles. The van der Waals surface area contributed by atoms with E-state index in [9.17, 15) is 0 Å². The Morgan fingerprint density at radius 3 is 2.20 bits per heavy atom. The number of aromatic nitrogens is 2. The van der Waals surface area contributed by atoms with Crippen LogP contribution in [-0.2, 0) is 6.54 Å². The summed E-state index contributed by atoms with van der Waals surface area (Å²) in [4.78, 5) is 6.68. The second kappa shape index (κ2) is 9.49. The molecule has 0 N–H and O–H groups in total. The van der Waals surface area contributed by atoms with Gasteiger partial charge in [0.25, 0.3) is 0 Å². The fourth-order valence-corrected chi connectivity index (χ4v) is 3.19. The average molecular weight is 413 g/mol. The number of hydrogen-bond acceptors (Lipinski definition) is 8. The molecule has 0 aliphatic carbocycles. The summed E-state index contributed by atoms with van der Waals surface area (Å²) in [5, 5.41) is 4.13. The van der Waals surface area contributed by atoms with Gasteiger partial charge in [-0.15, -0.1) is 0 Å². The molecule has 3 aromatic rings. The van der Waals surface area contributed by atoms with Crippen LogP contribution in [0.25, 0.3) is 11.4 Å². The first kappa shape index (κ1) is 21.4. The molecule has 0 aliphatic heterocycles. The Balaban J connectivity index is 1.79. The minimum atomic E-state index is 0.155. The Hall–Kier alpha value is -3.26. The summed E-state index contributed by atoms with van der Waals surface area (Å²) in [6, 6.07) is 11.8. The normalized spacial score (nSPS) is 12.0. The Bertz CT molecular complexity index is 971. The third kappa shape index (κ3) is 4.33. The van der Waals surface area contributed by atoms with Gasteiger partial charge in [-0.05, 0) is 43.8 Å². The van der Waals surface area contributed by atoms with Crippen molar-refractivity contribution in [1.82, 2.24) is 15.0 Å². The molecule has 0 radical (unpaired) electrons. The number of methoxy groups -OCH3 is 4. The topological polar surface area (TPSA) is 79.1 Å². The van der Waals surface area contributed by atoms with E-state index in [2.05, 4.69) is 22.0 Å². The molecular weight excluding hydrogens is 386 g/mol. The lowest BCUT2D eigenvalue weighted by molar-refractivity contribution is 0.216. The highest BCUT2D eigenvalue weighted by Gasteiger charge is 2.22. The van der Waals surface area contributed by atoms with E-state index in [0.717, 1.165) is 5.75 Å². The molecule has 0 bridgehead atoms.